The monoisotopic (exact) mass is 397 g/mol. The van der Waals surface area contributed by atoms with Crippen LogP contribution in [0.5, 0.6) is 5.75 Å². The summed E-state index contributed by atoms with van der Waals surface area (Å²) < 4.78 is 5.24. The Morgan fingerprint density at radius 2 is 1.62 bits per heavy atom. The Hall–Kier alpha value is -2.83. The molecule has 0 aliphatic carbocycles. The molecule has 0 radical (unpaired) electrons. The molecule has 1 amide bonds. The molecule has 0 N–H and O–H groups in total. The van der Waals surface area contributed by atoms with Gasteiger partial charge in [-0.1, -0.05) is 13.8 Å². The van der Waals surface area contributed by atoms with Crippen LogP contribution in [0.25, 0.3) is 0 Å². The fourth-order valence-electron chi connectivity index (χ4n) is 3.64. The minimum Gasteiger partial charge on any atom is -0.497 e. The summed E-state index contributed by atoms with van der Waals surface area (Å²) in [5.74, 6) is 1.69. The highest BCUT2D eigenvalue weighted by molar-refractivity contribution is 5.93. The SMILES string of the molecule is CCCN(CCC)C(=O)c1cc(N2CCN(c3ccc(OC)cc3)CC2)ncn1. The van der Waals surface area contributed by atoms with Gasteiger partial charge < -0.3 is 19.4 Å². The molecule has 1 aromatic heterocycles. The smallest absolute Gasteiger partial charge is 0.272 e. The summed E-state index contributed by atoms with van der Waals surface area (Å²) in [6, 6.07) is 9.99. The van der Waals surface area contributed by atoms with Crippen molar-refractivity contribution >= 4 is 17.4 Å². The maximum Gasteiger partial charge on any atom is 0.272 e. The average molecular weight is 398 g/mol. The predicted molar refractivity (Wildman–Crippen MR) is 116 cm³/mol. The number of methoxy groups -OCH3 is 1. The van der Waals surface area contributed by atoms with Crippen LogP contribution in [0.15, 0.2) is 36.7 Å². The number of carbonyl (C=O) groups is 1. The third-order valence-electron chi connectivity index (χ3n) is 5.19. The van der Waals surface area contributed by atoms with Gasteiger partial charge in [-0.2, -0.15) is 0 Å². The lowest BCUT2D eigenvalue weighted by Gasteiger charge is -2.36. The first-order chi connectivity index (χ1) is 14.2. The Kier molecular flexibility index (Phi) is 7.27. The topological polar surface area (TPSA) is 61.8 Å². The van der Waals surface area contributed by atoms with Crippen molar-refractivity contribution in [1.29, 1.82) is 0 Å². The zero-order chi connectivity index (χ0) is 20.6. The average Bonchev–Trinajstić information content (AvgIpc) is 2.79. The normalized spacial score (nSPS) is 14.0. The third kappa shape index (κ3) is 5.16. The highest BCUT2D eigenvalue weighted by atomic mass is 16.5. The third-order valence-corrected chi connectivity index (χ3v) is 5.19. The fraction of sp³-hybridized carbons (Fsp3) is 0.500. The number of piperazine rings is 1. The molecule has 0 bridgehead atoms. The fourth-order valence-corrected chi connectivity index (χ4v) is 3.64. The van der Waals surface area contributed by atoms with Crippen molar-refractivity contribution in [3.8, 4) is 5.75 Å². The lowest BCUT2D eigenvalue weighted by Crippen LogP contribution is -2.47. The predicted octanol–water partition coefficient (Wildman–Crippen LogP) is 3.07. The van der Waals surface area contributed by atoms with Crippen molar-refractivity contribution in [2.24, 2.45) is 0 Å². The van der Waals surface area contributed by atoms with Gasteiger partial charge in [0.1, 0.15) is 23.6 Å². The first-order valence-corrected chi connectivity index (χ1v) is 10.4. The molecular formula is C22H31N5O2. The second-order valence-electron chi connectivity index (χ2n) is 7.23. The summed E-state index contributed by atoms with van der Waals surface area (Å²) in [6.07, 6.45) is 3.39. The van der Waals surface area contributed by atoms with Crippen molar-refractivity contribution in [1.82, 2.24) is 14.9 Å². The number of carbonyl (C=O) groups excluding carboxylic acids is 1. The van der Waals surface area contributed by atoms with E-state index >= 15 is 0 Å². The number of hydrogen-bond donors (Lipinski definition) is 0. The molecule has 0 atom stereocenters. The minimum atomic E-state index is -0.00535. The van der Waals surface area contributed by atoms with Crippen LogP contribution in [-0.4, -0.2) is 67.2 Å². The molecular weight excluding hydrogens is 366 g/mol. The van der Waals surface area contributed by atoms with Crippen molar-refractivity contribution in [2.45, 2.75) is 26.7 Å². The summed E-state index contributed by atoms with van der Waals surface area (Å²) >= 11 is 0. The molecule has 156 valence electrons. The Labute approximate surface area is 173 Å². The summed E-state index contributed by atoms with van der Waals surface area (Å²) in [5.41, 5.74) is 1.67. The molecule has 1 saturated heterocycles. The van der Waals surface area contributed by atoms with Crippen LogP contribution in [0.3, 0.4) is 0 Å². The van der Waals surface area contributed by atoms with E-state index in [2.05, 4.69) is 45.7 Å². The number of benzene rings is 1. The van der Waals surface area contributed by atoms with E-state index in [1.807, 2.05) is 23.1 Å². The van der Waals surface area contributed by atoms with Crippen LogP contribution in [0.2, 0.25) is 0 Å². The van der Waals surface area contributed by atoms with E-state index in [0.717, 1.165) is 63.7 Å². The van der Waals surface area contributed by atoms with Crippen molar-refractivity contribution < 1.29 is 9.53 Å². The Balaban J connectivity index is 1.64. The largest absolute Gasteiger partial charge is 0.497 e. The number of hydrogen-bond acceptors (Lipinski definition) is 6. The standard InChI is InChI=1S/C22H31N5O2/c1-4-10-27(11-5-2)22(28)20-16-21(24-17-23-20)26-14-12-25(13-15-26)18-6-8-19(29-3)9-7-18/h6-9,16-17H,4-5,10-15H2,1-3H3. The summed E-state index contributed by atoms with van der Waals surface area (Å²) in [4.78, 5) is 28.0. The van der Waals surface area contributed by atoms with E-state index in [4.69, 9.17) is 4.74 Å². The minimum absolute atomic E-state index is 0.00535. The zero-order valence-corrected chi connectivity index (χ0v) is 17.7. The Morgan fingerprint density at radius 3 is 2.21 bits per heavy atom. The molecule has 0 spiro atoms. The van der Waals surface area contributed by atoms with Gasteiger partial charge in [-0.3, -0.25) is 4.79 Å². The van der Waals surface area contributed by atoms with Gasteiger partial charge in [-0.25, -0.2) is 9.97 Å². The molecule has 1 aliphatic rings. The van der Waals surface area contributed by atoms with Crippen LogP contribution >= 0.6 is 0 Å². The number of rotatable bonds is 8. The van der Waals surface area contributed by atoms with Crippen LogP contribution in [-0.2, 0) is 0 Å². The van der Waals surface area contributed by atoms with Crippen LogP contribution in [0, 0.1) is 0 Å². The van der Waals surface area contributed by atoms with E-state index in [1.54, 1.807) is 7.11 Å². The molecule has 3 rings (SSSR count). The van der Waals surface area contributed by atoms with Gasteiger partial charge >= 0.3 is 0 Å². The zero-order valence-electron chi connectivity index (χ0n) is 17.7. The molecule has 29 heavy (non-hydrogen) atoms. The number of ether oxygens (including phenoxy) is 1. The maximum atomic E-state index is 12.8. The Morgan fingerprint density at radius 1 is 1.00 bits per heavy atom. The second kappa shape index (κ2) is 10.1. The number of nitrogens with zero attached hydrogens (tertiary/aromatic N) is 5. The molecule has 2 heterocycles. The van der Waals surface area contributed by atoms with Gasteiger partial charge in [0, 0.05) is 51.0 Å². The lowest BCUT2D eigenvalue weighted by molar-refractivity contribution is 0.0749. The van der Waals surface area contributed by atoms with Gasteiger partial charge in [0.25, 0.3) is 5.91 Å². The molecule has 7 nitrogen and oxygen atoms in total. The van der Waals surface area contributed by atoms with E-state index < -0.39 is 0 Å². The molecule has 1 fully saturated rings. The summed E-state index contributed by atoms with van der Waals surface area (Å²) in [5, 5.41) is 0. The highest BCUT2D eigenvalue weighted by Crippen LogP contribution is 2.22. The maximum absolute atomic E-state index is 12.8. The van der Waals surface area contributed by atoms with Crippen LogP contribution < -0.4 is 14.5 Å². The lowest BCUT2D eigenvalue weighted by atomic mass is 10.2. The number of aromatic nitrogens is 2. The number of anilines is 2. The van der Waals surface area contributed by atoms with Gasteiger partial charge in [-0.15, -0.1) is 0 Å². The first-order valence-electron chi connectivity index (χ1n) is 10.4. The quantitative estimate of drug-likeness (QED) is 0.682. The van der Waals surface area contributed by atoms with Gasteiger partial charge in [0.15, 0.2) is 0 Å². The summed E-state index contributed by atoms with van der Waals surface area (Å²) in [6.45, 7) is 9.19. The van der Waals surface area contributed by atoms with E-state index in [1.165, 1.54) is 12.0 Å². The first kappa shape index (κ1) is 20.9. The van der Waals surface area contributed by atoms with E-state index in [-0.39, 0.29) is 5.91 Å². The van der Waals surface area contributed by atoms with Gasteiger partial charge in [0.2, 0.25) is 0 Å². The van der Waals surface area contributed by atoms with Gasteiger partial charge in [-0.05, 0) is 37.1 Å². The van der Waals surface area contributed by atoms with E-state index in [9.17, 15) is 4.79 Å². The van der Waals surface area contributed by atoms with Crippen molar-refractivity contribution in [3.05, 3.63) is 42.4 Å². The van der Waals surface area contributed by atoms with Crippen LogP contribution in [0.4, 0.5) is 11.5 Å². The molecule has 1 aromatic carbocycles. The second-order valence-corrected chi connectivity index (χ2v) is 7.23. The summed E-state index contributed by atoms with van der Waals surface area (Å²) in [7, 11) is 1.68. The Bertz CT molecular complexity index is 782. The molecule has 2 aromatic rings. The van der Waals surface area contributed by atoms with Crippen molar-refractivity contribution in [2.75, 3.05) is 56.2 Å². The molecule has 7 heteroatoms. The van der Waals surface area contributed by atoms with Crippen molar-refractivity contribution in [3.63, 3.8) is 0 Å². The highest BCUT2D eigenvalue weighted by Gasteiger charge is 2.21. The molecule has 0 unspecified atom stereocenters. The molecule has 1 aliphatic heterocycles. The van der Waals surface area contributed by atoms with Crippen LogP contribution in [0.1, 0.15) is 37.2 Å². The molecule has 0 saturated carbocycles. The van der Waals surface area contributed by atoms with Gasteiger partial charge in [0.05, 0.1) is 7.11 Å². The number of amides is 1. The van der Waals surface area contributed by atoms with E-state index in [0.29, 0.717) is 5.69 Å².